The van der Waals surface area contributed by atoms with E-state index in [4.69, 9.17) is 0 Å². The summed E-state index contributed by atoms with van der Waals surface area (Å²) in [5, 5.41) is 12.2. The second kappa shape index (κ2) is 8.27. The first-order chi connectivity index (χ1) is 10.6. The van der Waals surface area contributed by atoms with Crippen molar-refractivity contribution in [2.45, 2.75) is 32.9 Å². The van der Waals surface area contributed by atoms with Crippen LogP contribution in [-0.4, -0.2) is 59.6 Å². The van der Waals surface area contributed by atoms with Gasteiger partial charge >= 0.3 is 0 Å². The predicted octanol–water partition coefficient (Wildman–Crippen LogP) is 1.53. The smallest absolute Gasteiger partial charge is 0.221 e. The fourth-order valence-corrected chi connectivity index (χ4v) is 3.00. The van der Waals surface area contributed by atoms with Crippen LogP contribution >= 0.6 is 0 Å². The molecule has 5 nitrogen and oxygen atoms in total. The van der Waals surface area contributed by atoms with Crippen LogP contribution < -0.4 is 5.32 Å². The van der Waals surface area contributed by atoms with Crippen LogP contribution in [0.2, 0.25) is 0 Å². The van der Waals surface area contributed by atoms with E-state index in [9.17, 15) is 9.90 Å². The second-order valence-corrected chi connectivity index (χ2v) is 5.94. The minimum atomic E-state index is -0.0413. The van der Waals surface area contributed by atoms with E-state index in [-0.39, 0.29) is 12.5 Å². The molecule has 1 heterocycles. The molecule has 1 amide bonds. The van der Waals surface area contributed by atoms with E-state index in [2.05, 4.69) is 28.1 Å². The highest BCUT2D eigenvalue weighted by atomic mass is 16.3. The largest absolute Gasteiger partial charge is 0.395 e. The van der Waals surface area contributed by atoms with Crippen molar-refractivity contribution in [1.82, 2.24) is 9.80 Å². The van der Waals surface area contributed by atoms with Crippen molar-refractivity contribution in [2.24, 2.45) is 0 Å². The molecular formula is C17H27N3O2. The molecule has 1 aromatic carbocycles. The fourth-order valence-electron chi connectivity index (χ4n) is 3.00. The second-order valence-electron chi connectivity index (χ2n) is 5.94. The first kappa shape index (κ1) is 16.9. The summed E-state index contributed by atoms with van der Waals surface area (Å²) in [4.78, 5) is 15.9. The average molecular weight is 305 g/mol. The van der Waals surface area contributed by atoms with E-state index in [1.54, 1.807) is 0 Å². The van der Waals surface area contributed by atoms with Crippen molar-refractivity contribution in [3.05, 3.63) is 29.8 Å². The normalized spacial score (nSPS) is 18.1. The molecule has 0 aromatic heterocycles. The van der Waals surface area contributed by atoms with Crippen molar-refractivity contribution in [1.29, 1.82) is 0 Å². The Morgan fingerprint density at radius 1 is 1.32 bits per heavy atom. The number of hydrogen-bond acceptors (Lipinski definition) is 4. The molecule has 1 aliphatic rings. The molecule has 0 radical (unpaired) electrons. The van der Waals surface area contributed by atoms with Crippen LogP contribution in [0.3, 0.4) is 0 Å². The molecule has 0 saturated carbocycles. The number of nitrogens with zero attached hydrogens (tertiary/aromatic N) is 2. The molecule has 2 rings (SSSR count). The Balaban J connectivity index is 1.87. The summed E-state index contributed by atoms with van der Waals surface area (Å²) in [6.45, 7) is 8.83. The summed E-state index contributed by atoms with van der Waals surface area (Å²) in [7, 11) is 0. The summed E-state index contributed by atoms with van der Waals surface area (Å²) in [6.07, 6.45) is 0.995. The molecule has 22 heavy (non-hydrogen) atoms. The van der Waals surface area contributed by atoms with Crippen LogP contribution in [0.4, 0.5) is 5.69 Å². The van der Waals surface area contributed by atoms with E-state index in [1.807, 2.05) is 18.2 Å². The predicted molar refractivity (Wildman–Crippen MR) is 88.8 cm³/mol. The van der Waals surface area contributed by atoms with Crippen LogP contribution in [-0.2, 0) is 11.3 Å². The van der Waals surface area contributed by atoms with Crippen LogP contribution in [0.5, 0.6) is 0 Å². The highest BCUT2D eigenvalue weighted by Crippen LogP contribution is 2.15. The number of carbonyl (C=O) groups excluding carboxylic acids is 1. The lowest BCUT2D eigenvalue weighted by atomic mass is 10.1. The number of carbonyl (C=O) groups is 1. The molecule has 122 valence electrons. The van der Waals surface area contributed by atoms with Gasteiger partial charge in [-0.15, -0.1) is 0 Å². The topological polar surface area (TPSA) is 55.8 Å². The van der Waals surface area contributed by atoms with Gasteiger partial charge in [-0.2, -0.15) is 0 Å². The number of aliphatic hydroxyl groups excluding tert-OH is 1. The van der Waals surface area contributed by atoms with Crippen LogP contribution in [0, 0.1) is 0 Å². The summed E-state index contributed by atoms with van der Waals surface area (Å²) in [5.41, 5.74) is 2.07. The maximum atomic E-state index is 11.1. The van der Waals surface area contributed by atoms with Crippen molar-refractivity contribution in [3.63, 3.8) is 0 Å². The summed E-state index contributed by atoms with van der Waals surface area (Å²) >= 11 is 0. The van der Waals surface area contributed by atoms with Gasteiger partial charge in [0.25, 0.3) is 0 Å². The Bertz CT molecular complexity index is 481. The molecule has 1 aliphatic heterocycles. The number of amides is 1. The van der Waals surface area contributed by atoms with Crippen molar-refractivity contribution in [3.8, 4) is 0 Å². The van der Waals surface area contributed by atoms with Gasteiger partial charge in [0.1, 0.15) is 0 Å². The zero-order valence-corrected chi connectivity index (χ0v) is 13.6. The van der Waals surface area contributed by atoms with Crippen LogP contribution in [0.25, 0.3) is 0 Å². The van der Waals surface area contributed by atoms with E-state index in [0.29, 0.717) is 6.04 Å². The third kappa shape index (κ3) is 4.80. The Hall–Kier alpha value is -1.43. The number of piperazine rings is 1. The van der Waals surface area contributed by atoms with Gasteiger partial charge < -0.3 is 10.4 Å². The van der Waals surface area contributed by atoms with Gasteiger partial charge in [-0.05, 0) is 24.1 Å². The van der Waals surface area contributed by atoms with Gasteiger partial charge in [-0.1, -0.05) is 19.1 Å². The number of rotatable bonds is 6. The molecule has 0 bridgehead atoms. The minimum absolute atomic E-state index is 0.0413. The maximum absolute atomic E-state index is 11.1. The van der Waals surface area contributed by atoms with Crippen molar-refractivity contribution < 1.29 is 9.90 Å². The number of aliphatic hydroxyl groups is 1. The zero-order chi connectivity index (χ0) is 15.9. The first-order valence-electron chi connectivity index (χ1n) is 8.06. The molecule has 1 aromatic rings. The molecule has 2 N–H and O–H groups in total. The highest BCUT2D eigenvalue weighted by Gasteiger charge is 2.22. The quantitative estimate of drug-likeness (QED) is 0.837. The summed E-state index contributed by atoms with van der Waals surface area (Å²) in [5.74, 6) is -0.0413. The monoisotopic (exact) mass is 305 g/mol. The molecule has 1 atom stereocenters. The van der Waals surface area contributed by atoms with Gasteiger partial charge in [0.15, 0.2) is 0 Å². The fraction of sp³-hybridized carbons (Fsp3) is 0.588. The number of benzene rings is 1. The highest BCUT2D eigenvalue weighted by molar-refractivity contribution is 5.88. The molecule has 0 spiro atoms. The number of anilines is 1. The molecule has 1 saturated heterocycles. The molecule has 0 unspecified atom stereocenters. The summed E-state index contributed by atoms with van der Waals surface area (Å²) in [6, 6.07) is 8.33. The lowest BCUT2D eigenvalue weighted by Gasteiger charge is -2.38. The van der Waals surface area contributed by atoms with Gasteiger partial charge in [-0.3, -0.25) is 14.6 Å². The zero-order valence-electron chi connectivity index (χ0n) is 13.6. The van der Waals surface area contributed by atoms with Crippen LogP contribution in [0.1, 0.15) is 25.8 Å². The number of hydrogen-bond donors (Lipinski definition) is 2. The lowest BCUT2D eigenvalue weighted by molar-refractivity contribution is -0.114. The Labute approximate surface area is 132 Å². The first-order valence-corrected chi connectivity index (χ1v) is 8.06. The SMILES string of the molecule is CC[C@@H](CO)N1CCN(Cc2cccc(NC(C)=O)c2)CC1. The van der Waals surface area contributed by atoms with E-state index < -0.39 is 0 Å². The van der Waals surface area contributed by atoms with Gasteiger partial charge in [0.05, 0.1) is 6.61 Å². The molecule has 1 fully saturated rings. The Kier molecular flexibility index (Phi) is 6.36. The van der Waals surface area contributed by atoms with E-state index >= 15 is 0 Å². The van der Waals surface area contributed by atoms with Gasteiger partial charge in [0, 0.05) is 51.4 Å². The third-order valence-corrected chi connectivity index (χ3v) is 4.26. The maximum Gasteiger partial charge on any atom is 0.221 e. The van der Waals surface area contributed by atoms with Gasteiger partial charge in [0.2, 0.25) is 5.91 Å². The van der Waals surface area contributed by atoms with Gasteiger partial charge in [-0.25, -0.2) is 0 Å². The standard InChI is InChI=1S/C17H27N3O2/c1-3-17(13-21)20-9-7-19(8-10-20)12-15-5-4-6-16(11-15)18-14(2)22/h4-6,11,17,21H,3,7-10,12-13H2,1-2H3,(H,18,22)/t17-/m0/s1. The molecule has 5 heteroatoms. The Morgan fingerprint density at radius 3 is 2.64 bits per heavy atom. The molecule has 0 aliphatic carbocycles. The average Bonchev–Trinajstić information content (AvgIpc) is 2.50. The third-order valence-electron chi connectivity index (χ3n) is 4.26. The van der Waals surface area contributed by atoms with Crippen LogP contribution in [0.15, 0.2) is 24.3 Å². The number of nitrogens with one attached hydrogen (secondary N) is 1. The Morgan fingerprint density at radius 2 is 2.05 bits per heavy atom. The van der Waals surface area contributed by atoms with Crippen molar-refractivity contribution in [2.75, 3.05) is 38.1 Å². The van der Waals surface area contributed by atoms with E-state index in [1.165, 1.54) is 12.5 Å². The molecular weight excluding hydrogens is 278 g/mol. The van der Waals surface area contributed by atoms with E-state index in [0.717, 1.165) is 44.8 Å². The lowest BCUT2D eigenvalue weighted by Crippen LogP contribution is -2.50. The minimum Gasteiger partial charge on any atom is -0.395 e. The van der Waals surface area contributed by atoms with Crippen molar-refractivity contribution >= 4 is 11.6 Å². The summed E-state index contributed by atoms with van der Waals surface area (Å²) < 4.78 is 0.